The molecule has 2 rings (SSSR count). The highest BCUT2D eigenvalue weighted by Gasteiger charge is 2.26. The second-order valence-corrected chi connectivity index (χ2v) is 4.64. The predicted molar refractivity (Wildman–Crippen MR) is 76.5 cm³/mol. The fraction of sp³-hybridized carbons (Fsp3) is 0.615. The molecule has 0 saturated carbocycles. The van der Waals surface area contributed by atoms with Crippen molar-refractivity contribution < 1.29 is 0 Å². The van der Waals surface area contributed by atoms with Gasteiger partial charge in [-0.15, -0.1) is 17.0 Å². The smallest absolute Gasteiger partial charge is 0.0481 e. The molecule has 0 fully saturated rings. The molecule has 0 saturated heterocycles. The summed E-state index contributed by atoms with van der Waals surface area (Å²) in [5.41, 5.74) is 14.4. The van der Waals surface area contributed by atoms with Crippen molar-refractivity contribution in [1.29, 1.82) is 0 Å². The first-order chi connectivity index (χ1) is 7.83. The molecular weight excluding hydrogens is 278 g/mol. The molecule has 4 N–H and O–H groups in total. The SMILES string of the molecule is Br.NCCCC(N)C1CCCc2cccnc21. The molecule has 1 aliphatic carbocycles. The lowest BCUT2D eigenvalue weighted by atomic mass is 9.81. The molecule has 2 atom stereocenters. The fourth-order valence-electron chi connectivity index (χ4n) is 2.62. The van der Waals surface area contributed by atoms with Gasteiger partial charge in [-0.25, -0.2) is 0 Å². The molecule has 1 aromatic rings. The van der Waals surface area contributed by atoms with Gasteiger partial charge >= 0.3 is 0 Å². The van der Waals surface area contributed by atoms with Gasteiger partial charge in [-0.1, -0.05) is 6.07 Å². The first-order valence-corrected chi connectivity index (χ1v) is 6.22. The Balaban J connectivity index is 0.00000144. The van der Waals surface area contributed by atoms with Gasteiger partial charge in [0.15, 0.2) is 0 Å². The Hall–Kier alpha value is -0.450. The number of nitrogens with zero attached hydrogens (tertiary/aromatic N) is 1. The number of rotatable bonds is 4. The first-order valence-electron chi connectivity index (χ1n) is 6.22. The lowest BCUT2D eigenvalue weighted by molar-refractivity contribution is 0.426. The molecule has 1 aliphatic rings. The highest BCUT2D eigenvalue weighted by Crippen LogP contribution is 2.32. The highest BCUT2D eigenvalue weighted by atomic mass is 79.9. The van der Waals surface area contributed by atoms with Crippen molar-refractivity contribution in [2.45, 2.75) is 44.1 Å². The minimum atomic E-state index is 0. The zero-order valence-electron chi connectivity index (χ0n) is 10.1. The Bertz CT molecular complexity index is 343. The van der Waals surface area contributed by atoms with E-state index in [0.29, 0.717) is 5.92 Å². The van der Waals surface area contributed by atoms with E-state index < -0.39 is 0 Å². The molecule has 0 radical (unpaired) electrons. The minimum absolute atomic E-state index is 0. The van der Waals surface area contributed by atoms with Gasteiger partial charge in [0.1, 0.15) is 0 Å². The lowest BCUT2D eigenvalue weighted by Gasteiger charge is -2.29. The maximum absolute atomic E-state index is 6.25. The third-order valence-electron chi connectivity index (χ3n) is 3.50. The van der Waals surface area contributed by atoms with E-state index in [-0.39, 0.29) is 23.0 Å². The maximum Gasteiger partial charge on any atom is 0.0481 e. The van der Waals surface area contributed by atoms with Gasteiger partial charge in [-0.2, -0.15) is 0 Å². The minimum Gasteiger partial charge on any atom is -0.330 e. The van der Waals surface area contributed by atoms with Crippen LogP contribution in [0.15, 0.2) is 18.3 Å². The summed E-state index contributed by atoms with van der Waals surface area (Å²) in [5, 5.41) is 0. The number of hydrogen-bond acceptors (Lipinski definition) is 3. The molecule has 0 spiro atoms. The number of nitrogens with two attached hydrogens (primary N) is 2. The molecule has 0 aliphatic heterocycles. The molecule has 4 heteroatoms. The Morgan fingerprint density at radius 3 is 3.06 bits per heavy atom. The van der Waals surface area contributed by atoms with Crippen LogP contribution in [-0.4, -0.2) is 17.6 Å². The summed E-state index contributed by atoms with van der Waals surface area (Å²) < 4.78 is 0. The Morgan fingerprint density at radius 1 is 1.47 bits per heavy atom. The zero-order valence-corrected chi connectivity index (χ0v) is 11.9. The van der Waals surface area contributed by atoms with Gasteiger partial charge in [0.2, 0.25) is 0 Å². The van der Waals surface area contributed by atoms with Crippen molar-refractivity contribution in [3.05, 3.63) is 29.6 Å². The van der Waals surface area contributed by atoms with Crippen LogP contribution < -0.4 is 11.5 Å². The summed E-state index contributed by atoms with van der Waals surface area (Å²) >= 11 is 0. The monoisotopic (exact) mass is 299 g/mol. The molecular formula is C13H22BrN3. The van der Waals surface area contributed by atoms with Crippen molar-refractivity contribution in [1.82, 2.24) is 4.98 Å². The molecule has 2 unspecified atom stereocenters. The molecule has 96 valence electrons. The van der Waals surface area contributed by atoms with Gasteiger partial charge in [-0.05, 0) is 50.3 Å². The summed E-state index contributed by atoms with van der Waals surface area (Å²) in [6.45, 7) is 0.732. The van der Waals surface area contributed by atoms with Crippen molar-refractivity contribution in [2.75, 3.05) is 6.54 Å². The van der Waals surface area contributed by atoms with Crippen molar-refractivity contribution in [2.24, 2.45) is 11.5 Å². The second-order valence-electron chi connectivity index (χ2n) is 4.64. The number of aryl methyl sites for hydroxylation is 1. The number of aromatic nitrogens is 1. The molecule has 1 heterocycles. The van der Waals surface area contributed by atoms with Crippen LogP contribution in [0, 0.1) is 0 Å². The normalized spacial score (nSPS) is 20.2. The Morgan fingerprint density at radius 2 is 2.29 bits per heavy atom. The number of hydrogen-bond donors (Lipinski definition) is 2. The van der Waals surface area contributed by atoms with E-state index in [0.717, 1.165) is 25.8 Å². The van der Waals surface area contributed by atoms with Gasteiger partial charge in [-0.3, -0.25) is 4.98 Å². The third kappa shape index (κ3) is 3.50. The van der Waals surface area contributed by atoms with Crippen LogP contribution in [0.25, 0.3) is 0 Å². The van der Waals surface area contributed by atoms with Gasteiger partial charge in [0.05, 0.1) is 0 Å². The van der Waals surface area contributed by atoms with E-state index in [4.69, 9.17) is 11.5 Å². The van der Waals surface area contributed by atoms with Gasteiger partial charge in [0, 0.05) is 23.9 Å². The summed E-state index contributed by atoms with van der Waals surface area (Å²) in [7, 11) is 0. The molecule has 0 amide bonds. The largest absolute Gasteiger partial charge is 0.330 e. The predicted octanol–water partition coefficient (Wildman–Crippen LogP) is 2.15. The van der Waals surface area contributed by atoms with E-state index in [1.54, 1.807) is 0 Å². The maximum atomic E-state index is 6.25. The quantitative estimate of drug-likeness (QED) is 0.895. The third-order valence-corrected chi connectivity index (χ3v) is 3.50. The standard InChI is InChI=1S/C13H21N3.BrH/c14-8-2-7-12(15)11-6-1-4-10-5-3-9-16-13(10)11;/h3,5,9,11-12H,1-2,4,6-8,14-15H2;1H. The number of halogens is 1. The van der Waals surface area contributed by atoms with Crippen LogP contribution in [0.2, 0.25) is 0 Å². The van der Waals surface area contributed by atoms with E-state index in [9.17, 15) is 0 Å². The van der Waals surface area contributed by atoms with E-state index in [2.05, 4.69) is 11.1 Å². The topological polar surface area (TPSA) is 64.9 Å². The number of pyridine rings is 1. The average Bonchev–Trinajstić information content (AvgIpc) is 2.35. The molecule has 1 aromatic heterocycles. The van der Waals surface area contributed by atoms with Gasteiger partial charge < -0.3 is 11.5 Å². The van der Waals surface area contributed by atoms with Gasteiger partial charge in [0.25, 0.3) is 0 Å². The molecule has 0 bridgehead atoms. The summed E-state index contributed by atoms with van der Waals surface area (Å²) in [6, 6.07) is 4.43. The summed E-state index contributed by atoms with van der Waals surface area (Å²) in [6.07, 6.45) is 7.47. The first kappa shape index (κ1) is 14.6. The van der Waals surface area contributed by atoms with Crippen molar-refractivity contribution in [3.8, 4) is 0 Å². The van der Waals surface area contributed by atoms with E-state index >= 15 is 0 Å². The van der Waals surface area contributed by atoms with Crippen LogP contribution in [0.3, 0.4) is 0 Å². The van der Waals surface area contributed by atoms with Crippen LogP contribution >= 0.6 is 17.0 Å². The molecule has 0 aromatic carbocycles. The Kier molecular flexibility index (Phi) is 6.09. The van der Waals surface area contributed by atoms with Crippen LogP contribution in [0.1, 0.15) is 42.9 Å². The lowest BCUT2D eigenvalue weighted by Crippen LogP contribution is -2.32. The Labute approximate surface area is 114 Å². The van der Waals surface area contributed by atoms with Crippen LogP contribution in [0.4, 0.5) is 0 Å². The van der Waals surface area contributed by atoms with Crippen LogP contribution in [-0.2, 0) is 6.42 Å². The van der Waals surface area contributed by atoms with E-state index in [1.807, 2.05) is 12.3 Å². The second kappa shape index (κ2) is 7.09. The van der Waals surface area contributed by atoms with Crippen molar-refractivity contribution in [3.63, 3.8) is 0 Å². The zero-order chi connectivity index (χ0) is 11.4. The van der Waals surface area contributed by atoms with E-state index in [1.165, 1.54) is 24.1 Å². The number of fused-ring (bicyclic) bond motifs is 1. The average molecular weight is 300 g/mol. The van der Waals surface area contributed by atoms with Crippen LogP contribution in [0.5, 0.6) is 0 Å². The fourth-order valence-corrected chi connectivity index (χ4v) is 2.62. The molecule has 17 heavy (non-hydrogen) atoms. The summed E-state index contributed by atoms with van der Waals surface area (Å²) in [4.78, 5) is 4.52. The summed E-state index contributed by atoms with van der Waals surface area (Å²) in [5.74, 6) is 0.441. The molecule has 3 nitrogen and oxygen atoms in total. The van der Waals surface area contributed by atoms with Crippen molar-refractivity contribution >= 4 is 17.0 Å². The highest BCUT2D eigenvalue weighted by molar-refractivity contribution is 8.93.